The summed E-state index contributed by atoms with van der Waals surface area (Å²) < 4.78 is 2.06. The van der Waals surface area contributed by atoms with Gasteiger partial charge in [0, 0.05) is 21.9 Å². The molecule has 3 rings (SSSR count). The number of carbonyl (C=O) groups is 1. The summed E-state index contributed by atoms with van der Waals surface area (Å²) in [5, 5.41) is 11.4. The quantitative estimate of drug-likeness (QED) is 0.471. The second-order valence-corrected chi connectivity index (χ2v) is 8.42. The minimum Gasteiger partial charge on any atom is -0.302 e. The highest BCUT2D eigenvalue weighted by atomic mass is 32.2. The lowest BCUT2D eigenvalue weighted by atomic mass is 10.2. The standard InChI is InChI=1S/C16H17N3OS3/c1-4-19-15(14-6-5-7-21-14)17-18-16(19)22-9-13(20)12-8-10(2)23-11(12)3/h5-8H,4,9H2,1-3H3. The smallest absolute Gasteiger partial charge is 0.191 e. The zero-order valence-electron chi connectivity index (χ0n) is 13.2. The van der Waals surface area contributed by atoms with E-state index < -0.39 is 0 Å². The summed E-state index contributed by atoms with van der Waals surface area (Å²) in [7, 11) is 0. The van der Waals surface area contributed by atoms with Crippen molar-refractivity contribution in [3.8, 4) is 10.7 Å². The Morgan fingerprint density at radius 3 is 2.78 bits per heavy atom. The molecule has 0 spiro atoms. The molecule has 120 valence electrons. The molecule has 0 bridgehead atoms. The Labute approximate surface area is 147 Å². The average Bonchev–Trinajstić information content (AvgIpc) is 3.23. The molecule has 0 aromatic carbocycles. The normalized spacial score (nSPS) is 11.1. The first-order chi connectivity index (χ1) is 11.1. The lowest BCUT2D eigenvalue weighted by Gasteiger charge is -2.05. The van der Waals surface area contributed by atoms with Gasteiger partial charge in [-0.05, 0) is 38.3 Å². The highest BCUT2D eigenvalue weighted by Gasteiger charge is 2.17. The molecule has 3 heterocycles. The van der Waals surface area contributed by atoms with Crippen molar-refractivity contribution in [2.45, 2.75) is 32.5 Å². The summed E-state index contributed by atoms with van der Waals surface area (Å²) in [6, 6.07) is 6.02. The fourth-order valence-electron chi connectivity index (χ4n) is 2.38. The number of thioether (sulfide) groups is 1. The van der Waals surface area contributed by atoms with Crippen LogP contribution in [0.25, 0.3) is 10.7 Å². The van der Waals surface area contributed by atoms with E-state index >= 15 is 0 Å². The molecule has 3 aromatic rings. The largest absolute Gasteiger partial charge is 0.302 e. The van der Waals surface area contributed by atoms with Gasteiger partial charge in [-0.25, -0.2) is 0 Å². The van der Waals surface area contributed by atoms with Gasteiger partial charge in [0.25, 0.3) is 0 Å². The highest BCUT2D eigenvalue weighted by Crippen LogP contribution is 2.28. The monoisotopic (exact) mass is 363 g/mol. The van der Waals surface area contributed by atoms with Crippen molar-refractivity contribution in [1.29, 1.82) is 0 Å². The molecule has 0 radical (unpaired) electrons. The Morgan fingerprint density at radius 1 is 1.35 bits per heavy atom. The minimum atomic E-state index is 0.153. The molecule has 4 nitrogen and oxygen atoms in total. The van der Waals surface area contributed by atoms with Gasteiger partial charge < -0.3 is 4.57 Å². The third kappa shape index (κ3) is 3.41. The predicted octanol–water partition coefficient (Wildman–Crippen LogP) is 4.68. The minimum absolute atomic E-state index is 0.153. The Kier molecular flexibility index (Phi) is 4.99. The van der Waals surface area contributed by atoms with Gasteiger partial charge in [-0.3, -0.25) is 4.79 Å². The van der Waals surface area contributed by atoms with E-state index in [0.717, 1.165) is 32.8 Å². The van der Waals surface area contributed by atoms with Gasteiger partial charge in [-0.1, -0.05) is 17.8 Å². The zero-order chi connectivity index (χ0) is 16.4. The number of rotatable bonds is 6. The van der Waals surface area contributed by atoms with E-state index in [2.05, 4.69) is 21.7 Å². The summed E-state index contributed by atoms with van der Waals surface area (Å²) in [4.78, 5) is 15.8. The van der Waals surface area contributed by atoms with Crippen LogP contribution >= 0.6 is 34.4 Å². The molecule has 3 aromatic heterocycles. The molecule has 0 aliphatic heterocycles. The summed E-state index contributed by atoms with van der Waals surface area (Å²) in [6.07, 6.45) is 0. The van der Waals surface area contributed by atoms with Crippen LogP contribution in [-0.4, -0.2) is 26.3 Å². The predicted molar refractivity (Wildman–Crippen MR) is 97.9 cm³/mol. The van der Waals surface area contributed by atoms with Gasteiger partial charge in [0.2, 0.25) is 0 Å². The third-order valence-electron chi connectivity index (χ3n) is 3.45. The maximum absolute atomic E-state index is 12.4. The van der Waals surface area contributed by atoms with E-state index in [4.69, 9.17) is 0 Å². The Morgan fingerprint density at radius 2 is 2.17 bits per heavy atom. The molecule has 0 fully saturated rings. The number of nitrogens with zero attached hydrogens (tertiary/aromatic N) is 3. The van der Waals surface area contributed by atoms with Gasteiger partial charge in [0.15, 0.2) is 16.8 Å². The fraction of sp³-hybridized carbons (Fsp3) is 0.312. The summed E-state index contributed by atoms with van der Waals surface area (Å²) in [6.45, 7) is 6.88. The van der Waals surface area contributed by atoms with Gasteiger partial charge in [-0.15, -0.1) is 32.9 Å². The highest BCUT2D eigenvalue weighted by molar-refractivity contribution is 7.99. The van der Waals surface area contributed by atoms with Gasteiger partial charge in [0.1, 0.15) is 0 Å². The Balaban J connectivity index is 1.76. The first-order valence-electron chi connectivity index (χ1n) is 7.30. The second-order valence-electron chi connectivity index (χ2n) is 5.07. The van der Waals surface area contributed by atoms with Crippen molar-refractivity contribution < 1.29 is 4.79 Å². The SMILES string of the molecule is CCn1c(SCC(=O)c2cc(C)sc2C)nnc1-c1cccs1. The topological polar surface area (TPSA) is 47.8 Å². The van der Waals surface area contributed by atoms with Crippen molar-refractivity contribution in [3.05, 3.63) is 38.9 Å². The molecule has 7 heteroatoms. The number of Topliss-reactive ketones (excluding diaryl/α,β-unsaturated/α-hetero) is 1. The van der Waals surface area contributed by atoms with Crippen LogP contribution in [-0.2, 0) is 6.54 Å². The van der Waals surface area contributed by atoms with Crippen molar-refractivity contribution in [2.75, 3.05) is 5.75 Å². The molecular weight excluding hydrogens is 346 g/mol. The van der Waals surface area contributed by atoms with E-state index in [-0.39, 0.29) is 5.78 Å². The number of hydrogen-bond donors (Lipinski definition) is 0. The maximum Gasteiger partial charge on any atom is 0.191 e. The van der Waals surface area contributed by atoms with Crippen LogP contribution in [0.1, 0.15) is 27.0 Å². The molecule has 0 unspecified atom stereocenters. The maximum atomic E-state index is 12.4. The fourth-order valence-corrected chi connectivity index (χ4v) is 4.93. The van der Waals surface area contributed by atoms with Crippen LogP contribution in [0.4, 0.5) is 0 Å². The van der Waals surface area contributed by atoms with Crippen LogP contribution in [0, 0.1) is 13.8 Å². The molecule has 0 saturated carbocycles. The van der Waals surface area contributed by atoms with Gasteiger partial charge >= 0.3 is 0 Å². The third-order valence-corrected chi connectivity index (χ3v) is 6.25. The first kappa shape index (κ1) is 16.4. The molecule has 0 amide bonds. The van der Waals surface area contributed by atoms with E-state index in [9.17, 15) is 4.79 Å². The first-order valence-corrected chi connectivity index (χ1v) is 9.98. The van der Waals surface area contributed by atoms with Gasteiger partial charge in [-0.2, -0.15) is 0 Å². The molecule has 0 aliphatic rings. The van der Waals surface area contributed by atoms with E-state index in [1.54, 1.807) is 22.7 Å². The van der Waals surface area contributed by atoms with Crippen molar-refractivity contribution in [1.82, 2.24) is 14.8 Å². The molecule has 0 aliphatic carbocycles. The summed E-state index contributed by atoms with van der Waals surface area (Å²) in [5.74, 6) is 1.42. The van der Waals surface area contributed by atoms with E-state index in [0.29, 0.717) is 5.75 Å². The average molecular weight is 364 g/mol. The Bertz CT molecular complexity index is 818. The van der Waals surface area contributed by atoms with Crippen LogP contribution in [0.2, 0.25) is 0 Å². The lowest BCUT2D eigenvalue weighted by Crippen LogP contribution is -2.05. The van der Waals surface area contributed by atoms with Crippen LogP contribution < -0.4 is 0 Å². The summed E-state index contributed by atoms with van der Waals surface area (Å²) in [5.41, 5.74) is 0.834. The number of aromatic nitrogens is 3. The second kappa shape index (κ2) is 6.98. The van der Waals surface area contributed by atoms with Crippen molar-refractivity contribution in [3.63, 3.8) is 0 Å². The van der Waals surface area contributed by atoms with Crippen LogP contribution in [0.15, 0.2) is 28.7 Å². The molecule has 0 saturated heterocycles. The molecular formula is C16H17N3OS3. The van der Waals surface area contributed by atoms with Gasteiger partial charge in [0.05, 0.1) is 10.6 Å². The van der Waals surface area contributed by atoms with Crippen LogP contribution in [0.5, 0.6) is 0 Å². The molecule has 0 N–H and O–H groups in total. The van der Waals surface area contributed by atoms with E-state index in [1.807, 2.05) is 37.4 Å². The number of ketones is 1. The molecule has 23 heavy (non-hydrogen) atoms. The summed E-state index contributed by atoms with van der Waals surface area (Å²) >= 11 is 4.77. The van der Waals surface area contributed by atoms with Crippen molar-refractivity contribution >= 4 is 40.2 Å². The Hall–Kier alpha value is -1.44. The number of hydrogen-bond acceptors (Lipinski definition) is 6. The van der Waals surface area contributed by atoms with E-state index in [1.165, 1.54) is 16.6 Å². The number of aryl methyl sites for hydroxylation is 2. The molecule has 0 atom stereocenters. The lowest BCUT2D eigenvalue weighted by molar-refractivity contribution is 0.102. The zero-order valence-corrected chi connectivity index (χ0v) is 15.6. The van der Waals surface area contributed by atoms with Crippen molar-refractivity contribution in [2.24, 2.45) is 0 Å². The number of carbonyl (C=O) groups excluding carboxylic acids is 1. The van der Waals surface area contributed by atoms with Crippen LogP contribution in [0.3, 0.4) is 0 Å². The number of thiophene rings is 2.